The van der Waals surface area contributed by atoms with Gasteiger partial charge in [0, 0.05) is 25.6 Å². The molecule has 2 aromatic carbocycles. The molecule has 3 atom stereocenters. The topological polar surface area (TPSA) is 41.6 Å². The Morgan fingerprint density at radius 3 is 2.89 bits per heavy atom. The Kier molecular flexibility index (Phi) is 5.62. The molecule has 1 N–H and O–H groups in total. The molecule has 28 heavy (non-hydrogen) atoms. The van der Waals surface area contributed by atoms with E-state index in [0.29, 0.717) is 36.3 Å². The summed E-state index contributed by atoms with van der Waals surface area (Å²) in [5, 5.41) is 3.43. The monoisotopic (exact) mass is 382 g/mol. The highest BCUT2D eigenvalue weighted by Gasteiger charge is 2.47. The van der Waals surface area contributed by atoms with Crippen molar-refractivity contribution in [2.24, 2.45) is 11.8 Å². The number of ether oxygens (including phenoxy) is 1. The molecule has 0 unspecified atom stereocenters. The maximum Gasteiger partial charge on any atom is 0.258 e. The lowest BCUT2D eigenvalue weighted by atomic mass is 9.89. The minimum absolute atomic E-state index is 0.0317. The number of unbranched alkanes of at least 4 members (excludes halogenated alkanes) is 1. The number of hydrogen-bond donors (Lipinski definition) is 1. The number of amides is 1. The summed E-state index contributed by atoms with van der Waals surface area (Å²) < 4.78 is 19.8. The van der Waals surface area contributed by atoms with E-state index < -0.39 is 0 Å². The number of halogens is 1. The molecule has 0 spiro atoms. The molecule has 2 aromatic rings. The standard InChI is InChI=1S/C23H27FN2O2/c1-2-3-11-28-21-10-5-4-9-19(21)23(27)26-15-17-13-25-14-20(17)22(26)16-7-6-8-18(24)12-16/h4-10,12,17,20,22,25H,2-3,11,13-15H2,1H3/t17-,20-,22+/m0/s1. The first-order valence-corrected chi connectivity index (χ1v) is 10.2. The highest BCUT2D eigenvalue weighted by Crippen LogP contribution is 2.43. The second kappa shape index (κ2) is 8.31. The molecular weight excluding hydrogens is 355 g/mol. The van der Waals surface area contributed by atoms with Crippen molar-refractivity contribution in [2.75, 3.05) is 26.2 Å². The van der Waals surface area contributed by atoms with Crippen LogP contribution in [0.2, 0.25) is 0 Å². The number of para-hydroxylation sites is 1. The number of nitrogens with zero attached hydrogens (tertiary/aromatic N) is 1. The average Bonchev–Trinajstić information content (AvgIpc) is 3.29. The predicted octanol–water partition coefficient (Wildman–Crippen LogP) is 4.04. The SMILES string of the molecule is CCCCOc1ccccc1C(=O)N1C[C@@H]2CNC[C@@H]2[C@H]1c1cccc(F)c1. The van der Waals surface area contributed by atoms with Crippen molar-refractivity contribution in [2.45, 2.75) is 25.8 Å². The average molecular weight is 382 g/mol. The molecule has 4 rings (SSSR count). The van der Waals surface area contributed by atoms with Crippen LogP contribution < -0.4 is 10.1 Å². The maximum atomic E-state index is 13.9. The quantitative estimate of drug-likeness (QED) is 0.767. The highest BCUT2D eigenvalue weighted by atomic mass is 19.1. The van der Waals surface area contributed by atoms with Gasteiger partial charge in [0.1, 0.15) is 11.6 Å². The fraction of sp³-hybridized carbons (Fsp3) is 0.435. The van der Waals surface area contributed by atoms with Crippen molar-refractivity contribution in [1.29, 1.82) is 0 Å². The molecule has 2 aliphatic heterocycles. The van der Waals surface area contributed by atoms with Gasteiger partial charge in [0.15, 0.2) is 0 Å². The van der Waals surface area contributed by atoms with Crippen LogP contribution in [0.15, 0.2) is 48.5 Å². The van der Waals surface area contributed by atoms with Gasteiger partial charge in [0.05, 0.1) is 18.2 Å². The number of hydrogen-bond acceptors (Lipinski definition) is 3. The normalized spacial score (nSPS) is 23.6. The maximum absolute atomic E-state index is 13.9. The summed E-state index contributed by atoms with van der Waals surface area (Å²) in [6, 6.07) is 14.0. The minimum atomic E-state index is -0.261. The van der Waals surface area contributed by atoms with Crippen molar-refractivity contribution < 1.29 is 13.9 Å². The van der Waals surface area contributed by atoms with E-state index in [2.05, 4.69) is 12.2 Å². The van der Waals surface area contributed by atoms with Crippen LogP contribution in [0.25, 0.3) is 0 Å². The molecular formula is C23H27FN2O2. The third-order valence-electron chi connectivity index (χ3n) is 5.89. The van der Waals surface area contributed by atoms with Gasteiger partial charge in [-0.25, -0.2) is 4.39 Å². The summed E-state index contributed by atoms with van der Waals surface area (Å²) in [4.78, 5) is 15.5. The Morgan fingerprint density at radius 2 is 2.07 bits per heavy atom. The molecule has 0 saturated carbocycles. The molecule has 2 aliphatic rings. The summed E-state index contributed by atoms with van der Waals surface area (Å²) in [5.74, 6) is 1.04. The molecule has 2 saturated heterocycles. The van der Waals surface area contributed by atoms with Crippen LogP contribution in [0.1, 0.15) is 41.7 Å². The zero-order valence-electron chi connectivity index (χ0n) is 16.2. The molecule has 2 heterocycles. The number of rotatable bonds is 6. The zero-order valence-corrected chi connectivity index (χ0v) is 16.2. The largest absolute Gasteiger partial charge is 0.493 e. The Labute approximate surface area is 165 Å². The van der Waals surface area contributed by atoms with Gasteiger partial charge >= 0.3 is 0 Å². The lowest BCUT2D eigenvalue weighted by Crippen LogP contribution is -2.35. The van der Waals surface area contributed by atoms with E-state index in [1.165, 1.54) is 6.07 Å². The molecule has 4 nitrogen and oxygen atoms in total. The van der Waals surface area contributed by atoms with Gasteiger partial charge in [-0.15, -0.1) is 0 Å². The van der Waals surface area contributed by atoms with Gasteiger partial charge < -0.3 is 15.0 Å². The fourth-order valence-corrected chi connectivity index (χ4v) is 4.50. The van der Waals surface area contributed by atoms with E-state index >= 15 is 0 Å². The number of likely N-dealkylation sites (tertiary alicyclic amines) is 1. The second-order valence-corrected chi connectivity index (χ2v) is 7.74. The molecule has 0 aromatic heterocycles. The van der Waals surface area contributed by atoms with Crippen molar-refractivity contribution >= 4 is 5.91 Å². The molecule has 5 heteroatoms. The summed E-state index contributed by atoms with van der Waals surface area (Å²) in [6.07, 6.45) is 1.99. The number of carbonyl (C=O) groups is 1. The van der Waals surface area contributed by atoms with Crippen LogP contribution >= 0.6 is 0 Å². The van der Waals surface area contributed by atoms with E-state index in [1.807, 2.05) is 35.2 Å². The molecule has 148 valence electrons. The third-order valence-corrected chi connectivity index (χ3v) is 5.89. The first-order chi connectivity index (χ1) is 13.7. The van der Waals surface area contributed by atoms with Crippen molar-refractivity contribution in [1.82, 2.24) is 10.2 Å². The predicted molar refractivity (Wildman–Crippen MR) is 107 cm³/mol. The lowest BCUT2D eigenvalue weighted by Gasteiger charge is -2.29. The van der Waals surface area contributed by atoms with Crippen LogP contribution in [-0.4, -0.2) is 37.0 Å². The van der Waals surface area contributed by atoms with E-state index in [9.17, 15) is 9.18 Å². The van der Waals surface area contributed by atoms with Crippen molar-refractivity contribution in [3.8, 4) is 5.75 Å². The van der Waals surface area contributed by atoms with Crippen LogP contribution in [0.3, 0.4) is 0 Å². The van der Waals surface area contributed by atoms with Gasteiger partial charge in [-0.1, -0.05) is 37.6 Å². The third kappa shape index (κ3) is 3.63. The molecule has 0 aliphatic carbocycles. The minimum Gasteiger partial charge on any atom is -0.493 e. The zero-order chi connectivity index (χ0) is 19.5. The van der Waals surface area contributed by atoms with E-state index in [1.54, 1.807) is 12.1 Å². The number of nitrogens with one attached hydrogen (secondary N) is 1. The summed E-state index contributed by atoms with van der Waals surface area (Å²) in [6.45, 7) is 5.14. The van der Waals surface area contributed by atoms with E-state index in [-0.39, 0.29) is 17.8 Å². The number of benzene rings is 2. The molecule has 0 radical (unpaired) electrons. The van der Waals surface area contributed by atoms with Gasteiger partial charge in [-0.05, 0) is 42.2 Å². The Hall–Kier alpha value is -2.40. The van der Waals surface area contributed by atoms with E-state index in [4.69, 9.17) is 4.74 Å². The van der Waals surface area contributed by atoms with Crippen LogP contribution in [0.4, 0.5) is 4.39 Å². The first kappa shape index (κ1) is 18.9. The summed E-state index contributed by atoms with van der Waals surface area (Å²) in [5.41, 5.74) is 1.46. The molecule has 1 amide bonds. The smallest absolute Gasteiger partial charge is 0.258 e. The van der Waals surface area contributed by atoms with Crippen molar-refractivity contribution in [3.63, 3.8) is 0 Å². The highest BCUT2D eigenvalue weighted by molar-refractivity contribution is 5.97. The van der Waals surface area contributed by atoms with Gasteiger partial charge in [-0.2, -0.15) is 0 Å². The van der Waals surface area contributed by atoms with E-state index in [0.717, 1.165) is 31.5 Å². The van der Waals surface area contributed by atoms with Crippen LogP contribution in [0.5, 0.6) is 5.75 Å². The van der Waals surface area contributed by atoms with Crippen LogP contribution in [-0.2, 0) is 0 Å². The fourth-order valence-electron chi connectivity index (χ4n) is 4.50. The second-order valence-electron chi connectivity index (χ2n) is 7.74. The Balaban J connectivity index is 1.64. The Bertz CT molecular complexity index is 841. The number of fused-ring (bicyclic) bond motifs is 1. The van der Waals surface area contributed by atoms with Crippen molar-refractivity contribution in [3.05, 3.63) is 65.5 Å². The van der Waals surface area contributed by atoms with Crippen LogP contribution in [0, 0.1) is 17.7 Å². The van der Waals surface area contributed by atoms with Gasteiger partial charge in [0.2, 0.25) is 0 Å². The first-order valence-electron chi connectivity index (χ1n) is 10.2. The lowest BCUT2D eigenvalue weighted by molar-refractivity contribution is 0.0709. The molecule has 0 bridgehead atoms. The molecule has 2 fully saturated rings. The van der Waals surface area contributed by atoms with Gasteiger partial charge in [-0.3, -0.25) is 4.79 Å². The number of carbonyl (C=O) groups excluding carboxylic acids is 1. The summed E-state index contributed by atoms with van der Waals surface area (Å²) in [7, 11) is 0. The van der Waals surface area contributed by atoms with Gasteiger partial charge in [0.25, 0.3) is 5.91 Å². The Morgan fingerprint density at radius 1 is 1.21 bits per heavy atom. The summed E-state index contributed by atoms with van der Waals surface area (Å²) >= 11 is 0.